The third-order valence-electron chi connectivity index (χ3n) is 16.6. The van der Waals surface area contributed by atoms with Gasteiger partial charge < -0.3 is 28.8 Å². The molecule has 0 saturated heterocycles. The maximum atomic E-state index is 14.3. The molecule has 1 unspecified atom stereocenters. The van der Waals surface area contributed by atoms with E-state index in [-0.39, 0.29) is 42.2 Å². The monoisotopic (exact) mass is 1200 g/mol. The van der Waals surface area contributed by atoms with Crippen molar-refractivity contribution < 1.29 is 33.7 Å². The molecule has 10 aromatic rings. The number of carbonyl (C=O) groups excluding carboxylic acids is 3. The highest BCUT2D eigenvalue weighted by molar-refractivity contribution is 5.95. The Labute approximate surface area is 522 Å². The smallest absolute Gasteiger partial charge is 0.343 e. The number of carbonyl (C=O) groups is 3. The Morgan fingerprint density at radius 2 is 1.19 bits per heavy atom. The zero-order valence-electron chi connectivity index (χ0n) is 50.4. The van der Waals surface area contributed by atoms with E-state index in [4.69, 9.17) is 19.2 Å². The quantitative estimate of drug-likeness (QED) is 0.0322. The van der Waals surface area contributed by atoms with Gasteiger partial charge in [0.2, 0.25) is 0 Å². The van der Waals surface area contributed by atoms with E-state index in [1.54, 1.807) is 47.9 Å². The Morgan fingerprint density at radius 3 is 1.74 bits per heavy atom. The second-order valence-electron chi connectivity index (χ2n) is 22.8. The number of amides is 1. The lowest BCUT2D eigenvalue weighted by Crippen LogP contribution is -2.44. The van der Waals surface area contributed by atoms with Crippen LogP contribution in [0.1, 0.15) is 116 Å². The van der Waals surface area contributed by atoms with Crippen molar-refractivity contribution in [1.29, 1.82) is 0 Å². The Bertz CT molecular complexity index is 4050. The van der Waals surface area contributed by atoms with Crippen LogP contribution in [0.4, 0.5) is 0 Å². The summed E-state index contributed by atoms with van der Waals surface area (Å²) in [5.41, 5.74) is 9.59. The highest BCUT2D eigenvalue weighted by Gasteiger charge is 2.45. The van der Waals surface area contributed by atoms with Crippen LogP contribution in [0.15, 0.2) is 199 Å². The fraction of sp³-hybridized carbons (Fsp3) is 0.247. The molecular weight excluding hydrogens is 1130 g/mol. The van der Waals surface area contributed by atoms with Crippen LogP contribution >= 0.6 is 0 Å². The minimum absolute atomic E-state index is 0.0480. The van der Waals surface area contributed by atoms with E-state index in [9.17, 15) is 24.3 Å². The lowest BCUT2D eigenvalue weighted by Gasteiger charge is -2.31. The first-order chi connectivity index (χ1) is 44.0. The van der Waals surface area contributed by atoms with E-state index >= 15 is 0 Å². The Morgan fingerprint density at radius 1 is 0.600 bits per heavy atom. The molecular formula is C73H69N9O8. The molecule has 0 saturated carbocycles. The highest BCUT2D eigenvalue weighted by Crippen LogP contribution is 2.41. The summed E-state index contributed by atoms with van der Waals surface area (Å²) in [7, 11) is 0. The Balaban J connectivity index is 0.730. The van der Waals surface area contributed by atoms with E-state index in [2.05, 4.69) is 47.9 Å². The van der Waals surface area contributed by atoms with Crippen LogP contribution in [0.2, 0.25) is 0 Å². The van der Waals surface area contributed by atoms with Gasteiger partial charge in [0.25, 0.3) is 11.5 Å². The minimum atomic E-state index is -1.93. The minimum Gasteiger partial charge on any atom is -0.494 e. The summed E-state index contributed by atoms with van der Waals surface area (Å²) < 4.78 is 19.6. The third-order valence-corrected chi connectivity index (χ3v) is 16.6. The molecule has 0 radical (unpaired) electrons. The molecule has 4 aromatic carbocycles. The normalized spacial score (nSPS) is 14.0. The van der Waals surface area contributed by atoms with Gasteiger partial charge in [-0.1, -0.05) is 74.5 Å². The van der Waals surface area contributed by atoms with Gasteiger partial charge in [0, 0.05) is 99.2 Å². The molecule has 12 rings (SSSR count). The number of ether oxygens (including phenoxy) is 3. The third kappa shape index (κ3) is 13.8. The molecule has 0 aliphatic carbocycles. The second-order valence-corrected chi connectivity index (χ2v) is 22.8. The van der Waals surface area contributed by atoms with Crippen molar-refractivity contribution in [3.63, 3.8) is 0 Å². The molecule has 454 valence electrons. The van der Waals surface area contributed by atoms with Gasteiger partial charge in [-0.25, -0.2) is 14.6 Å². The first kappa shape index (κ1) is 60.2. The van der Waals surface area contributed by atoms with Crippen molar-refractivity contribution >= 4 is 28.7 Å². The number of aromatic nitrogens is 6. The molecule has 90 heavy (non-hydrogen) atoms. The summed E-state index contributed by atoms with van der Waals surface area (Å²) in [5, 5.41) is 12.2. The van der Waals surface area contributed by atoms with Crippen molar-refractivity contribution in [1.82, 2.24) is 44.2 Å². The number of rotatable bonds is 25. The van der Waals surface area contributed by atoms with Gasteiger partial charge >= 0.3 is 11.9 Å². The lowest BCUT2D eigenvalue weighted by molar-refractivity contribution is -0.172. The van der Waals surface area contributed by atoms with Crippen molar-refractivity contribution in [2.75, 3.05) is 13.2 Å². The first-order valence-electron chi connectivity index (χ1n) is 30.6. The molecule has 1 amide bonds. The molecule has 2 aliphatic rings. The fourth-order valence-corrected chi connectivity index (χ4v) is 12.1. The van der Waals surface area contributed by atoms with Gasteiger partial charge in [-0.15, -0.1) is 0 Å². The molecule has 0 fully saturated rings. The van der Waals surface area contributed by atoms with Crippen molar-refractivity contribution in [2.45, 2.75) is 104 Å². The zero-order valence-corrected chi connectivity index (χ0v) is 50.4. The molecule has 0 bridgehead atoms. The van der Waals surface area contributed by atoms with E-state index in [0.717, 1.165) is 61.7 Å². The standard InChI is InChI=1S/C73H69N9O8/c1-3-61-62-39-59(28-29-66(62)78-68-63(61)48-82-67(68)40-65-64(70(82)84)49-89-72(86)73(65,87)4-2)90-71(85)54-26-24-50(25-27-54)43-81(69(83)53-18-6-5-7-19-53)34-16-17-35-88-60-37-51(41-79(44-55-20-8-12-30-74-55)45-56-21-9-13-31-75-56)36-52(38-60)42-80(46-57-22-10-14-32-76-57)47-58-23-11-15-33-77-58/h5-15,18-33,36-40,87H,3-4,16-17,34-35,41-49H2,1-2H3. The number of fused-ring (bicyclic) bond motifs is 5. The first-order valence-corrected chi connectivity index (χ1v) is 30.6. The number of aryl methyl sites for hydroxylation is 1. The van der Waals surface area contributed by atoms with Crippen molar-refractivity contribution in [3.8, 4) is 22.9 Å². The fourth-order valence-electron chi connectivity index (χ4n) is 12.1. The molecule has 1 atom stereocenters. The van der Waals surface area contributed by atoms with Crippen LogP contribution in [0.3, 0.4) is 0 Å². The summed E-state index contributed by atoms with van der Waals surface area (Å²) in [6, 6.07) is 53.8. The number of pyridine rings is 6. The number of hydrogen-bond donors (Lipinski definition) is 1. The van der Waals surface area contributed by atoms with Crippen LogP contribution in [0.5, 0.6) is 11.5 Å². The number of aliphatic hydroxyl groups is 1. The van der Waals surface area contributed by atoms with Gasteiger partial charge in [-0.2, -0.15) is 0 Å². The van der Waals surface area contributed by atoms with E-state index < -0.39 is 17.5 Å². The highest BCUT2D eigenvalue weighted by atomic mass is 16.6. The second kappa shape index (κ2) is 27.5. The van der Waals surface area contributed by atoms with Gasteiger partial charge in [0.05, 0.1) is 64.0 Å². The molecule has 2 aliphatic heterocycles. The van der Waals surface area contributed by atoms with Crippen LogP contribution in [0.25, 0.3) is 22.3 Å². The van der Waals surface area contributed by atoms with Crippen LogP contribution < -0.4 is 15.0 Å². The summed E-state index contributed by atoms with van der Waals surface area (Å²) in [6.07, 6.45) is 9.28. The van der Waals surface area contributed by atoms with E-state index in [1.807, 2.05) is 152 Å². The van der Waals surface area contributed by atoms with Gasteiger partial charge in [0.15, 0.2) is 5.60 Å². The van der Waals surface area contributed by atoms with Gasteiger partial charge in [-0.05, 0) is 157 Å². The zero-order chi connectivity index (χ0) is 62.0. The van der Waals surface area contributed by atoms with Crippen molar-refractivity contribution in [3.05, 3.63) is 278 Å². The van der Waals surface area contributed by atoms with Crippen molar-refractivity contribution in [2.24, 2.45) is 0 Å². The summed E-state index contributed by atoms with van der Waals surface area (Å²) in [5.74, 6) is -0.346. The molecule has 1 N–H and O–H groups in total. The van der Waals surface area contributed by atoms with Crippen LogP contribution in [-0.2, 0) is 80.5 Å². The largest absolute Gasteiger partial charge is 0.494 e. The lowest BCUT2D eigenvalue weighted by atomic mass is 9.86. The van der Waals surface area contributed by atoms with E-state index in [1.165, 1.54) is 0 Å². The maximum Gasteiger partial charge on any atom is 0.343 e. The average molecular weight is 1200 g/mol. The van der Waals surface area contributed by atoms with Crippen LogP contribution in [0, 0.1) is 0 Å². The number of cyclic esters (lactones) is 1. The summed E-state index contributed by atoms with van der Waals surface area (Å²) >= 11 is 0. The number of benzene rings is 4. The Hall–Kier alpha value is -10.1. The predicted molar refractivity (Wildman–Crippen MR) is 341 cm³/mol. The summed E-state index contributed by atoms with van der Waals surface area (Å²) in [6.45, 7) is 8.63. The number of nitrogens with zero attached hydrogens (tertiary/aromatic N) is 9. The molecule has 6 aromatic heterocycles. The molecule has 0 spiro atoms. The average Bonchev–Trinajstić information content (AvgIpc) is 1.51. The Kier molecular flexibility index (Phi) is 18.4. The number of unbranched alkanes of at least 4 members (excludes halogenated alkanes) is 1. The van der Waals surface area contributed by atoms with E-state index in [0.29, 0.717) is 112 Å². The maximum absolute atomic E-state index is 14.3. The molecule has 17 heteroatoms. The predicted octanol–water partition coefficient (Wildman–Crippen LogP) is 11.3. The SMILES string of the molecule is CCc1c2c(nc3ccc(OC(=O)c4ccc(CN(CCCCOc5cc(CN(Cc6ccccn6)Cc6ccccn6)cc(CN(Cc6ccccn6)Cc6ccccn6)c5)C(=O)c5ccccc5)cc4)cc13)-c1cc3c(c(=O)n1C2)COC(=O)C3(O)CC. The van der Waals surface area contributed by atoms with Gasteiger partial charge in [0.1, 0.15) is 18.1 Å². The number of hydrogen-bond acceptors (Lipinski definition) is 15. The topological polar surface area (TPSA) is 195 Å². The summed E-state index contributed by atoms with van der Waals surface area (Å²) in [4.78, 5) is 84.9. The molecule has 17 nitrogen and oxygen atoms in total. The van der Waals surface area contributed by atoms with Crippen LogP contribution in [-0.4, -0.2) is 80.3 Å². The van der Waals surface area contributed by atoms with Gasteiger partial charge in [-0.3, -0.25) is 39.3 Å². The molecule has 8 heterocycles. The number of esters is 2.